The maximum Gasteiger partial charge on any atom is 0.151 e. The van der Waals surface area contributed by atoms with Gasteiger partial charge in [-0.25, -0.2) is 8.42 Å². The first-order chi connectivity index (χ1) is 7.64. The summed E-state index contributed by atoms with van der Waals surface area (Å²) in [4.78, 5) is 2.42. The monoisotopic (exact) mass is 248 g/mol. The average molecular weight is 248 g/mol. The molecule has 1 N–H and O–H groups in total. The van der Waals surface area contributed by atoms with E-state index in [-0.39, 0.29) is 5.75 Å². The summed E-state index contributed by atoms with van der Waals surface area (Å²) in [6, 6.07) is 0. The summed E-state index contributed by atoms with van der Waals surface area (Å²) in [5.74, 6) is 0.599. The van der Waals surface area contributed by atoms with Gasteiger partial charge in [-0.05, 0) is 32.4 Å². The van der Waals surface area contributed by atoms with Gasteiger partial charge in [-0.1, -0.05) is 6.92 Å². The molecule has 0 saturated carbocycles. The molecule has 4 nitrogen and oxygen atoms in total. The molecular weight excluding hydrogens is 224 g/mol. The molecule has 0 amide bonds. The van der Waals surface area contributed by atoms with Crippen LogP contribution in [-0.2, 0) is 9.84 Å². The minimum absolute atomic E-state index is 0.279. The molecule has 0 unspecified atom stereocenters. The molecule has 1 fully saturated rings. The summed E-state index contributed by atoms with van der Waals surface area (Å²) in [5, 5.41) is 3.21. The molecule has 16 heavy (non-hydrogen) atoms. The number of hydrogen-bond acceptors (Lipinski definition) is 4. The zero-order valence-electron chi connectivity index (χ0n) is 10.2. The fourth-order valence-electron chi connectivity index (χ4n) is 2.01. The van der Waals surface area contributed by atoms with Gasteiger partial charge in [0.05, 0.1) is 5.75 Å². The zero-order valence-corrected chi connectivity index (χ0v) is 11.1. The summed E-state index contributed by atoms with van der Waals surface area (Å²) in [7, 11) is -2.81. The van der Waals surface area contributed by atoms with Crippen molar-refractivity contribution in [1.29, 1.82) is 0 Å². The van der Waals surface area contributed by atoms with E-state index in [1.807, 2.05) is 6.92 Å². The van der Waals surface area contributed by atoms with Crippen LogP contribution in [0.2, 0.25) is 0 Å². The predicted octanol–water partition coefficient (Wildman–Crippen LogP) is 0.497. The summed E-state index contributed by atoms with van der Waals surface area (Å²) >= 11 is 0. The van der Waals surface area contributed by atoms with Crippen molar-refractivity contribution >= 4 is 9.84 Å². The molecule has 0 bridgehead atoms. The lowest BCUT2D eigenvalue weighted by Crippen LogP contribution is -2.32. The van der Waals surface area contributed by atoms with E-state index < -0.39 is 9.84 Å². The van der Waals surface area contributed by atoms with Gasteiger partial charge in [-0.2, -0.15) is 0 Å². The Morgan fingerprint density at radius 3 is 2.44 bits per heavy atom. The van der Waals surface area contributed by atoms with Crippen molar-refractivity contribution in [2.24, 2.45) is 0 Å². The van der Waals surface area contributed by atoms with Crippen LogP contribution in [-0.4, -0.2) is 57.5 Å². The molecule has 0 aromatic heterocycles. The van der Waals surface area contributed by atoms with Crippen molar-refractivity contribution in [3.63, 3.8) is 0 Å². The van der Waals surface area contributed by atoms with Crippen LogP contribution in [0.3, 0.4) is 0 Å². The second-order valence-corrected chi connectivity index (χ2v) is 6.75. The molecule has 0 radical (unpaired) electrons. The third kappa shape index (κ3) is 5.82. The van der Waals surface area contributed by atoms with Crippen molar-refractivity contribution in [1.82, 2.24) is 10.2 Å². The van der Waals surface area contributed by atoms with Crippen molar-refractivity contribution < 1.29 is 8.42 Å². The molecule has 0 spiro atoms. The Hall–Kier alpha value is -0.130. The van der Waals surface area contributed by atoms with Crippen LogP contribution in [0.15, 0.2) is 0 Å². The molecule has 0 aromatic rings. The smallest absolute Gasteiger partial charge is 0.151 e. The third-order valence-electron chi connectivity index (χ3n) is 2.91. The van der Waals surface area contributed by atoms with Gasteiger partial charge in [0.1, 0.15) is 0 Å². The minimum Gasteiger partial charge on any atom is -0.314 e. The van der Waals surface area contributed by atoms with E-state index in [4.69, 9.17) is 0 Å². The number of nitrogens with one attached hydrogen (secondary N) is 1. The summed E-state index contributed by atoms with van der Waals surface area (Å²) < 4.78 is 22.8. The number of sulfone groups is 1. The maximum absolute atomic E-state index is 11.4. The van der Waals surface area contributed by atoms with Gasteiger partial charge in [-0.3, -0.25) is 0 Å². The minimum atomic E-state index is -2.81. The van der Waals surface area contributed by atoms with Crippen LogP contribution in [0.5, 0.6) is 0 Å². The first-order valence-corrected chi connectivity index (χ1v) is 8.09. The third-order valence-corrected chi connectivity index (χ3v) is 4.76. The molecule has 1 rings (SSSR count). The van der Waals surface area contributed by atoms with E-state index in [2.05, 4.69) is 10.2 Å². The van der Waals surface area contributed by atoms with Gasteiger partial charge >= 0.3 is 0 Å². The normalized spacial score (nSPS) is 18.1. The highest BCUT2D eigenvalue weighted by Gasteiger charge is 2.11. The first kappa shape index (κ1) is 13.9. The largest absolute Gasteiger partial charge is 0.314 e. The highest BCUT2D eigenvalue weighted by atomic mass is 32.2. The van der Waals surface area contributed by atoms with Gasteiger partial charge < -0.3 is 10.2 Å². The molecule has 0 aliphatic carbocycles. The molecule has 96 valence electrons. The van der Waals surface area contributed by atoms with Gasteiger partial charge in [0.15, 0.2) is 9.84 Å². The Morgan fingerprint density at radius 1 is 1.12 bits per heavy atom. The Balaban J connectivity index is 1.98. The van der Waals surface area contributed by atoms with Gasteiger partial charge in [0, 0.05) is 25.4 Å². The van der Waals surface area contributed by atoms with E-state index in [0.29, 0.717) is 12.3 Å². The quantitative estimate of drug-likeness (QED) is 0.635. The van der Waals surface area contributed by atoms with E-state index in [9.17, 15) is 8.42 Å². The van der Waals surface area contributed by atoms with Gasteiger partial charge in [0.2, 0.25) is 0 Å². The van der Waals surface area contributed by atoms with E-state index >= 15 is 0 Å². The van der Waals surface area contributed by atoms with E-state index in [0.717, 1.165) is 19.5 Å². The average Bonchev–Trinajstić information content (AvgIpc) is 2.69. The standard InChI is InChI=1S/C11H24N2O2S/c1-2-10-16(14,15)11-6-12-5-9-13-7-3-4-8-13/h12H,2-11H2,1H3. The van der Waals surface area contributed by atoms with Crippen LogP contribution < -0.4 is 5.32 Å². The molecular formula is C11H24N2O2S. The zero-order chi connectivity index (χ0) is 11.9. The summed E-state index contributed by atoms with van der Waals surface area (Å²) in [6.07, 6.45) is 3.34. The van der Waals surface area contributed by atoms with Crippen molar-refractivity contribution in [2.75, 3.05) is 44.2 Å². The van der Waals surface area contributed by atoms with E-state index in [1.165, 1.54) is 25.9 Å². The Kier molecular flexibility index (Phi) is 6.31. The topological polar surface area (TPSA) is 49.4 Å². The molecule has 1 heterocycles. The number of likely N-dealkylation sites (tertiary alicyclic amines) is 1. The Labute approximate surface area is 99.3 Å². The lowest BCUT2D eigenvalue weighted by atomic mass is 10.4. The highest BCUT2D eigenvalue weighted by Crippen LogP contribution is 2.05. The fourth-order valence-corrected chi connectivity index (χ4v) is 3.29. The van der Waals surface area contributed by atoms with Crippen molar-refractivity contribution in [2.45, 2.75) is 26.2 Å². The van der Waals surface area contributed by atoms with Gasteiger partial charge in [0.25, 0.3) is 0 Å². The van der Waals surface area contributed by atoms with Gasteiger partial charge in [-0.15, -0.1) is 0 Å². The van der Waals surface area contributed by atoms with Crippen LogP contribution in [0.25, 0.3) is 0 Å². The summed E-state index contributed by atoms with van der Waals surface area (Å²) in [5.41, 5.74) is 0. The molecule has 1 saturated heterocycles. The predicted molar refractivity (Wildman–Crippen MR) is 67.5 cm³/mol. The molecule has 5 heteroatoms. The SMILES string of the molecule is CCCS(=O)(=O)CCNCCN1CCCC1. The van der Waals surface area contributed by atoms with Crippen molar-refractivity contribution in [3.05, 3.63) is 0 Å². The van der Waals surface area contributed by atoms with Crippen LogP contribution in [0, 0.1) is 0 Å². The Bertz CT molecular complexity index is 272. The summed E-state index contributed by atoms with van der Waals surface area (Å²) in [6.45, 7) is 6.86. The Morgan fingerprint density at radius 2 is 1.81 bits per heavy atom. The lowest BCUT2D eigenvalue weighted by Gasteiger charge is -2.14. The molecule has 0 aromatic carbocycles. The maximum atomic E-state index is 11.4. The van der Waals surface area contributed by atoms with Crippen LogP contribution in [0.1, 0.15) is 26.2 Å². The van der Waals surface area contributed by atoms with Crippen LogP contribution >= 0.6 is 0 Å². The highest BCUT2D eigenvalue weighted by molar-refractivity contribution is 7.91. The number of nitrogens with zero attached hydrogens (tertiary/aromatic N) is 1. The van der Waals surface area contributed by atoms with E-state index in [1.54, 1.807) is 0 Å². The molecule has 1 aliphatic heterocycles. The van der Waals surface area contributed by atoms with Crippen LogP contribution in [0.4, 0.5) is 0 Å². The molecule has 1 aliphatic rings. The molecule has 0 atom stereocenters. The number of hydrogen-bond donors (Lipinski definition) is 1. The lowest BCUT2D eigenvalue weighted by molar-refractivity contribution is 0.337. The van der Waals surface area contributed by atoms with Crippen molar-refractivity contribution in [3.8, 4) is 0 Å². The fraction of sp³-hybridized carbons (Fsp3) is 1.00. The second kappa shape index (κ2) is 7.25. The second-order valence-electron chi connectivity index (χ2n) is 4.45. The number of rotatable bonds is 8. The first-order valence-electron chi connectivity index (χ1n) is 6.27.